The van der Waals surface area contributed by atoms with Gasteiger partial charge in [-0.2, -0.15) is 0 Å². The molecule has 19 nitrogen and oxygen atoms in total. The van der Waals surface area contributed by atoms with E-state index in [1.807, 2.05) is 0 Å². The smallest absolute Gasteiger partial charge is 0.220 e. The maximum Gasteiger partial charge on any atom is 0.220 e. The van der Waals surface area contributed by atoms with Crippen molar-refractivity contribution in [2.24, 2.45) is 0 Å². The third-order valence-electron chi connectivity index (χ3n) is 16.7. The van der Waals surface area contributed by atoms with Crippen molar-refractivity contribution in [3.05, 3.63) is 0 Å². The van der Waals surface area contributed by atoms with Crippen LogP contribution in [0.5, 0.6) is 0 Å². The van der Waals surface area contributed by atoms with Crippen molar-refractivity contribution in [1.29, 1.82) is 0 Å². The molecule has 3 saturated heterocycles. The number of unbranched alkanes of at least 4 members (excludes halogenated alkanes) is 33. The molecule has 0 bridgehead atoms. The molecular weight excluding hydrogens is 1030 g/mol. The number of amides is 1. The molecule has 3 rings (SSSR count). The summed E-state index contributed by atoms with van der Waals surface area (Å²) in [7, 11) is 0. The first kappa shape index (κ1) is 73.0. The summed E-state index contributed by atoms with van der Waals surface area (Å²) in [4.78, 5) is 13.3. The molecule has 0 aromatic rings. The molecule has 0 spiro atoms. The van der Waals surface area contributed by atoms with Crippen LogP contribution in [0.1, 0.15) is 251 Å². The summed E-state index contributed by atoms with van der Waals surface area (Å²) in [5, 5.41) is 120. The van der Waals surface area contributed by atoms with Gasteiger partial charge in [0, 0.05) is 6.42 Å². The maximum absolute atomic E-state index is 13.3. The van der Waals surface area contributed by atoms with Gasteiger partial charge in [-0.15, -0.1) is 0 Å². The van der Waals surface area contributed by atoms with Gasteiger partial charge < -0.3 is 89.9 Å². The lowest BCUT2D eigenvalue weighted by Gasteiger charge is -2.48. The van der Waals surface area contributed by atoms with Crippen molar-refractivity contribution >= 4 is 5.91 Å². The summed E-state index contributed by atoms with van der Waals surface area (Å²) in [6, 6.07) is -0.880. The van der Waals surface area contributed by atoms with Crippen LogP contribution < -0.4 is 5.32 Å². The molecule has 474 valence electrons. The first-order valence-electron chi connectivity index (χ1n) is 32.3. The molecule has 0 radical (unpaired) electrons. The first-order valence-corrected chi connectivity index (χ1v) is 32.3. The molecule has 3 aliphatic rings. The zero-order chi connectivity index (χ0) is 58.3. The van der Waals surface area contributed by atoms with E-state index in [4.69, 9.17) is 28.4 Å². The Morgan fingerprint density at radius 1 is 0.400 bits per heavy atom. The highest BCUT2D eigenvalue weighted by molar-refractivity contribution is 5.76. The van der Waals surface area contributed by atoms with Crippen molar-refractivity contribution in [1.82, 2.24) is 5.32 Å². The molecule has 3 fully saturated rings. The maximum atomic E-state index is 13.3. The number of rotatable bonds is 49. The van der Waals surface area contributed by atoms with Crippen LogP contribution in [0.15, 0.2) is 0 Å². The van der Waals surface area contributed by atoms with Crippen LogP contribution in [0.3, 0.4) is 0 Å². The number of aliphatic hydroxyl groups excluding tert-OH is 11. The molecule has 17 unspecified atom stereocenters. The van der Waals surface area contributed by atoms with Crippen molar-refractivity contribution in [3.8, 4) is 0 Å². The average molecular weight is 1150 g/mol. The highest BCUT2D eigenvalue weighted by Gasteiger charge is 2.53. The third-order valence-corrected chi connectivity index (χ3v) is 16.7. The first-order chi connectivity index (χ1) is 38.8. The fourth-order valence-corrected chi connectivity index (χ4v) is 11.4. The Labute approximate surface area is 481 Å². The minimum atomic E-state index is -1.97. The Kier molecular flexibility index (Phi) is 41.2. The van der Waals surface area contributed by atoms with E-state index in [0.29, 0.717) is 12.8 Å². The van der Waals surface area contributed by atoms with Crippen LogP contribution in [-0.4, -0.2) is 193 Å². The van der Waals surface area contributed by atoms with Gasteiger partial charge in [-0.1, -0.05) is 232 Å². The largest absolute Gasteiger partial charge is 0.394 e. The van der Waals surface area contributed by atoms with Gasteiger partial charge in [0.1, 0.15) is 73.2 Å². The summed E-state index contributed by atoms with van der Waals surface area (Å²) in [5.74, 6) is -0.241. The summed E-state index contributed by atoms with van der Waals surface area (Å²) in [6.07, 6.45) is 17.7. The standard InChI is InChI=1S/C61H117NO18/c1-3-5-7-9-11-13-15-16-17-18-19-20-21-22-23-24-25-26-27-29-30-32-34-36-38-45(66)44(62-49(67)39-37-35-33-31-28-14-12-10-8-6-4-2)43-75-59-55(73)52(70)57(47(41-64)77-59)80-61-56(74)53(71)58(48(42-65)78-61)79-60-54(72)51(69)50(68)46(40-63)76-60/h44-48,50-61,63-66,68-74H,3-43H2,1-2H3,(H,62,67). The molecule has 0 aliphatic carbocycles. The van der Waals surface area contributed by atoms with E-state index in [-0.39, 0.29) is 18.9 Å². The molecular formula is C61H117NO18. The molecule has 0 aromatic carbocycles. The van der Waals surface area contributed by atoms with E-state index in [0.717, 1.165) is 44.9 Å². The monoisotopic (exact) mass is 1150 g/mol. The molecule has 0 aromatic heterocycles. The summed E-state index contributed by atoms with van der Waals surface area (Å²) >= 11 is 0. The Morgan fingerprint density at radius 3 is 1.09 bits per heavy atom. The van der Waals surface area contributed by atoms with E-state index in [1.165, 1.54) is 173 Å². The van der Waals surface area contributed by atoms with Crippen molar-refractivity contribution < 1.29 is 89.4 Å². The fraction of sp³-hybridized carbons (Fsp3) is 0.984. The summed E-state index contributed by atoms with van der Waals surface area (Å²) in [6.45, 7) is 1.80. The quantitative estimate of drug-likeness (QED) is 0.0280. The van der Waals surface area contributed by atoms with E-state index in [2.05, 4.69) is 19.2 Å². The van der Waals surface area contributed by atoms with Crippen molar-refractivity contribution in [3.63, 3.8) is 0 Å². The van der Waals surface area contributed by atoms with Gasteiger partial charge in [0.25, 0.3) is 0 Å². The van der Waals surface area contributed by atoms with E-state index in [9.17, 15) is 61.0 Å². The normalized spacial score (nSPS) is 29.9. The Hall–Kier alpha value is -1.21. The summed E-state index contributed by atoms with van der Waals surface area (Å²) in [5.41, 5.74) is 0. The molecule has 12 N–H and O–H groups in total. The lowest BCUT2D eigenvalue weighted by atomic mass is 9.96. The minimum absolute atomic E-state index is 0.241. The number of carbonyl (C=O) groups excluding carboxylic acids is 1. The Balaban J connectivity index is 1.43. The van der Waals surface area contributed by atoms with Crippen LogP contribution >= 0.6 is 0 Å². The van der Waals surface area contributed by atoms with E-state index >= 15 is 0 Å². The average Bonchev–Trinajstić information content (AvgIpc) is 3.55. The summed E-state index contributed by atoms with van der Waals surface area (Å²) < 4.78 is 34.3. The number of carbonyl (C=O) groups is 1. The van der Waals surface area contributed by atoms with E-state index < -0.39 is 124 Å². The fourth-order valence-electron chi connectivity index (χ4n) is 11.4. The van der Waals surface area contributed by atoms with Crippen LogP contribution in [0.4, 0.5) is 0 Å². The third kappa shape index (κ3) is 28.3. The van der Waals surface area contributed by atoms with Gasteiger partial charge in [-0.3, -0.25) is 4.79 Å². The van der Waals surface area contributed by atoms with Gasteiger partial charge in [-0.25, -0.2) is 0 Å². The van der Waals surface area contributed by atoms with Gasteiger partial charge >= 0.3 is 0 Å². The molecule has 0 saturated carbocycles. The predicted molar refractivity (Wildman–Crippen MR) is 305 cm³/mol. The van der Waals surface area contributed by atoms with Gasteiger partial charge in [0.15, 0.2) is 18.9 Å². The van der Waals surface area contributed by atoms with Crippen molar-refractivity contribution in [2.75, 3.05) is 26.4 Å². The van der Waals surface area contributed by atoms with E-state index in [1.54, 1.807) is 0 Å². The second-order valence-electron chi connectivity index (χ2n) is 23.6. The zero-order valence-corrected chi connectivity index (χ0v) is 49.6. The van der Waals surface area contributed by atoms with Crippen LogP contribution in [0.25, 0.3) is 0 Å². The Bertz CT molecular complexity index is 1470. The molecule has 80 heavy (non-hydrogen) atoms. The highest BCUT2D eigenvalue weighted by Crippen LogP contribution is 2.33. The lowest BCUT2D eigenvalue weighted by Crippen LogP contribution is -2.66. The second kappa shape index (κ2) is 45.2. The molecule has 19 heteroatoms. The minimum Gasteiger partial charge on any atom is -0.394 e. The number of aliphatic hydroxyl groups is 11. The second-order valence-corrected chi connectivity index (χ2v) is 23.6. The molecule has 3 aliphatic heterocycles. The van der Waals surface area contributed by atoms with Gasteiger partial charge in [-0.05, 0) is 12.8 Å². The SMILES string of the molecule is CCCCCCCCCCCCCCCCCCCCCCCCCCC(O)C(COC1OC(CO)C(OC2OC(CO)C(OC3OC(CO)C(O)C(O)C3O)C(O)C2O)C(O)C1O)NC(=O)CCCCCCCCCCCCC. The lowest BCUT2D eigenvalue weighted by molar-refractivity contribution is -0.379. The number of ether oxygens (including phenoxy) is 6. The topological polar surface area (TPSA) is 307 Å². The Morgan fingerprint density at radius 2 is 0.713 bits per heavy atom. The van der Waals surface area contributed by atoms with Crippen LogP contribution in [0, 0.1) is 0 Å². The molecule has 17 atom stereocenters. The zero-order valence-electron chi connectivity index (χ0n) is 49.6. The molecule has 1 amide bonds. The predicted octanol–water partition coefficient (Wildman–Crippen LogP) is 6.77. The van der Waals surface area contributed by atoms with Gasteiger partial charge in [0.05, 0.1) is 38.6 Å². The van der Waals surface area contributed by atoms with Crippen LogP contribution in [-0.2, 0) is 33.2 Å². The molecule has 3 heterocycles. The number of nitrogens with one attached hydrogen (secondary N) is 1. The van der Waals surface area contributed by atoms with Crippen molar-refractivity contribution in [2.45, 2.75) is 356 Å². The van der Waals surface area contributed by atoms with Gasteiger partial charge in [0.2, 0.25) is 5.91 Å². The van der Waals surface area contributed by atoms with Crippen LogP contribution in [0.2, 0.25) is 0 Å². The number of hydrogen-bond donors (Lipinski definition) is 12. The highest BCUT2D eigenvalue weighted by atomic mass is 16.8. The number of hydrogen-bond acceptors (Lipinski definition) is 18.